The van der Waals surface area contributed by atoms with E-state index in [0.717, 1.165) is 17.7 Å². The molecule has 29 heavy (non-hydrogen) atoms. The summed E-state index contributed by atoms with van der Waals surface area (Å²) in [4.78, 5) is 16.2. The van der Waals surface area contributed by atoms with Crippen molar-refractivity contribution in [3.05, 3.63) is 41.2 Å². The van der Waals surface area contributed by atoms with Gasteiger partial charge in [0, 0.05) is 42.1 Å². The summed E-state index contributed by atoms with van der Waals surface area (Å²) in [6, 6.07) is 7.25. The van der Waals surface area contributed by atoms with E-state index in [0.29, 0.717) is 36.1 Å². The van der Waals surface area contributed by atoms with Gasteiger partial charge in [-0.1, -0.05) is 13.0 Å². The highest BCUT2D eigenvalue weighted by Gasteiger charge is 2.33. The fraction of sp³-hybridized carbons (Fsp3) is 0.476. The van der Waals surface area contributed by atoms with Crippen LogP contribution in [0.3, 0.4) is 0 Å². The molecule has 1 aromatic carbocycles. The van der Waals surface area contributed by atoms with Crippen molar-refractivity contribution in [2.75, 3.05) is 24.1 Å². The van der Waals surface area contributed by atoms with E-state index in [2.05, 4.69) is 11.6 Å². The first-order valence-electron chi connectivity index (χ1n) is 9.77. The number of thioether (sulfide) groups is 1. The van der Waals surface area contributed by atoms with Crippen molar-refractivity contribution in [1.82, 2.24) is 9.47 Å². The van der Waals surface area contributed by atoms with Crippen molar-refractivity contribution in [1.29, 1.82) is 0 Å². The third kappa shape index (κ3) is 4.33. The minimum atomic E-state index is -3.92. The molecule has 1 saturated heterocycles. The van der Waals surface area contributed by atoms with Gasteiger partial charge in [0.05, 0.1) is 5.56 Å². The van der Waals surface area contributed by atoms with Crippen LogP contribution < -0.4 is 4.72 Å². The average Bonchev–Trinajstić information content (AvgIpc) is 2.92. The highest BCUT2D eigenvalue weighted by molar-refractivity contribution is 7.98. The van der Waals surface area contributed by atoms with Gasteiger partial charge in [-0.25, -0.2) is 8.42 Å². The van der Waals surface area contributed by atoms with Crippen LogP contribution in [0, 0.1) is 19.8 Å². The smallest absolute Gasteiger partial charge is 0.264 e. The first-order chi connectivity index (χ1) is 13.7. The van der Waals surface area contributed by atoms with Crippen LogP contribution in [0.1, 0.15) is 41.5 Å². The average molecular weight is 436 g/mol. The van der Waals surface area contributed by atoms with E-state index in [4.69, 9.17) is 0 Å². The largest absolute Gasteiger partial charge is 0.350 e. The number of rotatable bonds is 5. The molecule has 1 aliphatic rings. The molecule has 1 aromatic heterocycles. The second kappa shape index (κ2) is 8.44. The molecule has 0 aliphatic carbocycles. The summed E-state index contributed by atoms with van der Waals surface area (Å²) >= 11 is 1.54. The second-order valence-corrected chi connectivity index (χ2v) is 10.2. The maximum Gasteiger partial charge on any atom is 0.264 e. The van der Waals surface area contributed by atoms with Crippen LogP contribution in [0.15, 0.2) is 34.1 Å². The van der Waals surface area contributed by atoms with Crippen LogP contribution in [-0.2, 0) is 17.1 Å². The highest BCUT2D eigenvalue weighted by Crippen LogP contribution is 2.31. The van der Waals surface area contributed by atoms with Gasteiger partial charge in [-0.2, -0.15) is 0 Å². The van der Waals surface area contributed by atoms with Crippen LogP contribution in [0.4, 0.5) is 5.69 Å². The second-order valence-electron chi connectivity index (χ2n) is 7.75. The maximum absolute atomic E-state index is 13.3. The monoisotopic (exact) mass is 435 g/mol. The van der Waals surface area contributed by atoms with Crippen molar-refractivity contribution < 1.29 is 13.2 Å². The van der Waals surface area contributed by atoms with E-state index in [-0.39, 0.29) is 16.4 Å². The van der Waals surface area contributed by atoms with Gasteiger partial charge in [0.15, 0.2) is 0 Å². The summed E-state index contributed by atoms with van der Waals surface area (Å²) in [5.41, 5.74) is 2.00. The lowest BCUT2D eigenvalue weighted by Gasteiger charge is -2.30. The number of carbonyl (C=O) groups is 1. The topological polar surface area (TPSA) is 71.4 Å². The highest BCUT2D eigenvalue weighted by atomic mass is 32.2. The van der Waals surface area contributed by atoms with Gasteiger partial charge in [-0.15, -0.1) is 11.8 Å². The van der Waals surface area contributed by atoms with Crippen molar-refractivity contribution in [2.45, 2.75) is 43.4 Å². The number of carbonyl (C=O) groups excluding carboxylic acids is 1. The van der Waals surface area contributed by atoms with Crippen molar-refractivity contribution in [2.24, 2.45) is 13.0 Å². The number of hydrogen-bond acceptors (Lipinski definition) is 4. The van der Waals surface area contributed by atoms with Crippen LogP contribution >= 0.6 is 11.8 Å². The zero-order chi connectivity index (χ0) is 21.3. The Hall–Kier alpha value is -1.93. The summed E-state index contributed by atoms with van der Waals surface area (Å²) in [5.74, 6) is 0.391. The summed E-state index contributed by atoms with van der Waals surface area (Å²) < 4.78 is 31.1. The van der Waals surface area contributed by atoms with Crippen molar-refractivity contribution in [3.63, 3.8) is 0 Å². The van der Waals surface area contributed by atoms with Gasteiger partial charge in [0.25, 0.3) is 15.9 Å². The minimum absolute atomic E-state index is 0.0793. The Labute approximate surface area is 177 Å². The fourth-order valence-electron chi connectivity index (χ4n) is 3.76. The third-order valence-electron chi connectivity index (χ3n) is 5.80. The number of sulfonamides is 1. The normalized spacial score (nSPS) is 15.6. The predicted octanol–water partition coefficient (Wildman–Crippen LogP) is 4.04. The third-order valence-corrected chi connectivity index (χ3v) is 8.07. The molecular formula is C21H29N3O3S2. The molecule has 2 aromatic rings. The van der Waals surface area contributed by atoms with E-state index in [1.807, 2.05) is 18.4 Å². The summed E-state index contributed by atoms with van der Waals surface area (Å²) in [5, 5.41) is 0. The van der Waals surface area contributed by atoms with Gasteiger partial charge < -0.3 is 9.47 Å². The molecule has 1 fully saturated rings. The van der Waals surface area contributed by atoms with Gasteiger partial charge in [-0.3, -0.25) is 9.52 Å². The molecule has 0 saturated carbocycles. The molecule has 0 atom stereocenters. The summed E-state index contributed by atoms with van der Waals surface area (Å²) in [6.07, 6.45) is 3.82. The van der Waals surface area contributed by atoms with Gasteiger partial charge in [0.2, 0.25) is 0 Å². The minimum Gasteiger partial charge on any atom is -0.350 e. The van der Waals surface area contributed by atoms with E-state index in [1.165, 1.54) is 0 Å². The number of hydrogen-bond donors (Lipinski definition) is 1. The zero-order valence-corrected chi connectivity index (χ0v) is 19.3. The number of nitrogens with zero attached hydrogens (tertiary/aromatic N) is 2. The standard InChI is InChI=1S/C21H29N3O3S2/c1-14-9-11-24(12-10-14)21(25)19-15(2)23(4)16(3)20(19)29(26,27)22-17-7-6-8-18(13-17)28-5/h6-8,13-14,22H,9-12H2,1-5H3. The lowest BCUT2D eigenvalue weighted by atomic mass is 9.98. The Morgan fingerprint density at radius 3 is 2.45 bits per heavy atom. The van der Waals surface area contributed by atoms with Crippen LogP contribution in [-0.4, -0.2) is 43.1 Å². The van der Waals surface area contributed by atoms with Crippen LogP contribution in [0.5, 0.6) is 0 Å². The molecule has 0 radical (unpaired) electrons. The quantitative estimate of drug-likeness (QED) is 0.720. The Kier molecular flexibility index (Phi) is 6.33. The number of amides is 1. The molecule has 3 rings (SSSR count). The Morgan fingerprint density at radius 2 is 1.83 bits per heavy atom. The van der Waals surface area contributed by atoms with Crippen LogP contribution in [0.2, 0.25) is 0 Å². The Bertz CT molecular complexity index is 1020. The molecule has 8 heteroatoms. The lowest BCUT2D eigenvalue weighted by Crippen LogP contribution is -2.38. The van der Waals surface area contributed by atoms with E-state index in [9.17, 15) is 13.2 Å². The first-order valence-corrected chi connectivity index (χ1v) is 12.5. The zero-order valence-electron chi connectivity index (χ0n) is 17.7. The molecule has 0 bridgehead atoms. The Morgan fingerprint density at radius 1 is 1.17 bits per heavy atom. The number of anilines is 1. The number of benzene rings is 1. The van der Waals surface area contributed by atoms with E-state index in [1.54, 1.807) is 54.3 Å². The molecule has 6 nitrogen and oxygen atoms in total. The molecule has 1 N–H and O–H groups in total. The molecule has 158 valence electrons. The SMILES string of the molecule is CSc1cccc(NS(=O)(=O)c2c(C(=O)N3CCC(C)CC3)c(C)n(C)c2C)c1. The molecule has 1 amide bonds. The molecule has 2 heterocycles. The summed E-state index contributed by atoms with van der Waals surface area (Å²) in [6.45, 7) is 7.06. The number of piperidine rings is 1. The Balaban J connectivity index is 2.02. The van der Waals surface area contributed by atoms with E-state index < -0.39 is 10.0 Å². The summed E-state index contributed by atoms with van der Waals surface area (Å²) in [7, 11) is -2.12. The first kappa shape index (κ1) is 21.8. The lowest BCUT2D eigenvalue weighted by molar-refractivity contribution is 0.0692. The number of nitrogens with one attached hydrogen (secondary N) is 1. The fourth-order valence-corrected chi connectivity index (χ4v) is 5.79. The van der Waals surface area contributed by atoms with Crippen LogP contribution in [0.25, 0.3) is 0 Å². The molecule has 0 spiro atoms. The number of aromatic nitrogens is 1. The van der Waals surface area contributed by atoms with E-state index >= 15 is 0 Å². The molecular weight excluding hydrogens is 406 g/mol. The van der Waals surface area contributed by atoms with Gasteiger partial charge in [-0.05, 0) is 57.1 Å². The van der Waals surface area contributed by atoms with Crippen molar-refractivity contribution in [3.8, 4) is 0 Å². The number of likely N-dealkylation sites (tertiary alicyclic amines) is 1. The maximum atomic E-state index is 13.3. The predicted molar refractivity (Wildman–Crippen MR) is 118 cm³/mol. The van der Waals surface area contributed by atoms with Crippen molar-refractivity contribution >= 4 is 33.4 Å². The van der Waals surface area contributed by atoms with Gasteiger partial charge in [0.1, 0.15) is 4.90 Å². The molecule has 1 aliphatic heterocycles. The molecule has 0 unspecified atom stereocenters. The van der Waals surface area contributed by atoms with Gasteiger partial charge >= 0.3 is 0 Å².